The highest BCUT2D eigenvalue weighted by atomic mass is 35.5. The molecule has 2 atom stereocenters. The van der Waals surface area contributed by atoms with Gasteiger partial charge >= 0.3 is 0 Å². The predicted octanol–water partition coefficient (Wildman–Crippen LogP) is 2.38. The zero-order valence-electron chi connectivity index (χ0n) is 15.7. The zero-order chi connectivity index (χ0) is 18.6. The summed E-state index contributed by atoms with van der Waals surface area (Å²) in [7, 11) is 0. The molecule has 2 aliphatic rings. The average Bonchev–Trinajstić information content (AvgIpc) is 3.26. The van der Waals surface area contributed by atoms with Crippen molar-refractivity contribution in [3.05, 3.63) is 59.5 Å². The van der Waals surface area contributed by atoms with E-state index in [-0.39, 0.29) is 30.0 Å². The van der Waals surface area contributed by atoms with Crippen LogP contribution < -0.4 is 10.6 Å². The summed E-state index contributed by atoms with van der Waals surface area (Å²) in [6.45, 7) is 3.05. The number of hydrogen-bond acceptors (Lipinski definition) is 4. The van der Waals surface area contributed by atoms with Crippen molar-refractivity contribution in [1.29, 1.82) is 0 Å². The number of furan rings is 1. The van der Waals surface area contributed by atoms with Crippen molar-refractivity contribution in [2.75, 3.05) is 19.6 Å². The summed E-state index contributed by atoms with van der Waals surface area (Å²) in [6.07, 6.45) is 4.27. The van der Waals surface area contributed by atoms with Crippen LogP contribution in [0.3, 0.4) is 0 Å². The molecule has 2 aromatic rings. The minimum Gasteiger partial charge on any atom is -0.459 e. The minimum absolute atomic E-state index is 0. The molecule has 0 saturated carbocycles. The van der Waals surface area contributed by atoms with Crippen molar-refractivity contribution in [2.24, 2.45) is 5.92 Å². The van der Waals surface area contributed by atoms with Crippen molar-refractivity contribution >= 4 is 24.2 Å². The van der Waals surface area contributed by atoms with E-state index in [1.165, 1.54) is 6.26 Å². The summed E-state index contributed by atoms with van der Waals surface area (Å²) < 4.78 is 5.29. The number of halogens is 1. The summed E-state index contributed by atoms with van der Waals surface area (Å²) in [5.41, 5.74) is 2.21. The lowest BCUT2D eigenvalue weighted by Gasteiger charge is -2.36. The van der Waals surface area contributed by atoms with Gasteiger partial charge in [0.1, 0.15) is 6.04 Å². The Hall–Kier alpha value is -2.31. The van der Waals surface area contributed by atoms with E-state index in [2.05, 4.69) is 10.6 Å². The van der Waals surface area contributed by atoms with E-state index in [1.807, 2.05) is 24.3 Å². The Balaban J connectivity index is 0.00000225. The highest BCUT2D eigenvalue weighted by Crippen LogP contribution is 2.25. The highest BCUT2D eigenvalue weighted by molar-refractivity contribution is 5.96. The molecule has 1 saturated heterocycles. The first-order chi connectivity index (χ1) is 13.2. The highest BCUT2D eigenvalue weighted by Gasteiger charge is 2.36. The SMILES string of the molecule is Cl.O=C(NCC1CCCNC1)C1Cc2ccccc2CN1C(=O)c1ccco1. The van der Waals surface area contributed by atoms with Crippen molar-refractivity contribution in [3.8, 4) is 0 Å². The molecule has 2 N–H and O–H groups in total. The van der Waals surface area contributed by atoms with Crippen LogP contribution in [0.2, 0.25) is 0 Å². The van der Waals surface area contributed by atoms with E-state index in [0.717, 1.165) is 37.1 Å². The molecule has 2 aliphatic heterocycles. The van der Waals surface area contributed by atoms with Gasteiger partial charge in [-0.05, 0) is 55.1 Å². The van der Waals surface area contributed by atoms with Gasteiger partial charge < -0.3 is 20.0 Å². The second-order valence-electron chi connectivity index (χ2n) is 7.36. The largest absolute Gasteiger partial charge is 0.459 e. The molecule has 6 nitrogen and oxygen atoms in total. The summed E-state index contributed by atoms with van der Waals surface area (Å²) in [4.78, 5) is 27.5. The topological polar surface area (TPSA) is 74.6 Å². The molecule has 1 fully saturated rings. The quantitative estimate of drug-likeness (QED) is 0.822. The van der Waals surface area contributed by atoms with Gasteiger partial charge in [0.15, 0.2) is 5.76 Å². The standard InChI is InChI=1S/C21H25N3O3.ClH/c25-20(23-13-15-5-3-9-22-12-15)18-11-16-6-1-2-7-17(16)14-24(18)21(26)19-8-4-10-27-19;/h1-2,4,6-8,10,15,18,22H,3,5,9,11-14H2,(H,23,25);1H. The van der Waals surface area contributed by atoms with Crippen molar-refractivity contribution < 1.29 is 14.0 Å². The van der Waals surface area contributed by atoms with E-state index < -0.39 is 6.04 Å². The lowest BCUT2D eigenvalue weighted by atomic mass is 9.93. The van der Waals surface area contributed by atoms with Crippen LogP contribution in [0, 0.1) is 5.92 Å². The summed E-state index contributed by atoms with van der Waals surface area (Å²) in [5.74, 6) is 0.389. The van der Waals surface area contributed by atoms with Crippen LogP contribution in [-0.2, 0) is 17.8 Å². The molecule has 150 valence electrons. The summed E-state index contributed by atoms with van der Waals surface area (Å²) in [6, 6.07) is 10.8. The van der Waals surface area contributed by atoms with E-state index in [0.29, 0.717) is 25.4 Å². The number of benzene rings is 1. The first-order valence-electron chi connectivity index (χ1n) is 9.62. The Morgan fingerprint density at radius 3 is 2.71 bits per heavy atom. The molecule has 2 unspecified atom stereocenters. The van der Waals surface area contributed by atoms with Gasteiger partial charge in [-0.2, -0.15) is 0 Å². The van der Waals surface area contributed by atoms with Gasteiger partial charge in [-0.1, -0.05) is 24.3 Å². The van der Waals surface area contributed by atoms with Gasteiger partial charge in [-0.25, -0.2) is 0 Å². The van der Waals surface area contributed by atoms with E-state index in [4.69, 9.17) is 4.42 Å². The second kappa shape index (κ2) is 9.26. The molecule has 1 aromatic carbocycles. The van der Waals surface area contributed by atoms with Crippen LogP contribution in [0.15, 0.2) is 47.1 Å². The van der Waals surface area contributed by atoms with Crippen LogP contribution in [-0.4, -0.2) is 42.4 Å². The van der Waals surface area contributed by atoms with Gasteiger partial charge in [-0.3, -0.25) is 9.59 Å². The smallest absolute Gasteiger partial charge is 0.290 e. The predicted molar refractivity (Wildman–Crippen MR) is 108 cm³/mol. The number of fused-ring (bicyclic) bond motifs is 1. The molecule has 1 aromatic heterocycles. The number of hydrogen-bond donors (Lipinski definition) is 2. The third-order valence-electron chi connectivity index (χ3n) is 5.51. The number of nitrogens with one attached hydrogen (secondary N) is 2. The first kappa shape index (κ1) is 20.4. The number of carbonyl (C=O) groups excluding carboxylic acids is 2. The molecule has 28 heavy (non-hydrogen) atoms. The van der Waals surface area contributed by atoms with E-state index >= 15 is 0 Å². The maximum atomic E-state index is 13.0. The van der Waals surface area contributed by atoms with E-state index in [1.54, 1.807) is 17.0 Å². The van der Waals surface area contributed by atoms with Crippen LogP contribution >= 0.6 is 12.4 Å². The Labute approximate surface area is 171 Å². The van der Waals surface area contributed by atoms with Crippen LogP contribution in [0.4, 0.5) is 0 Å². The van der Waals surface area contributed by atoms with Crippen LogP contribution in [0.5, 0.6) is 0 Å². The number of nitrogens with zero attached hydrogens (tertiary/aromatic N) is 1. The third-order valence-corrected chi connectivity index (χ3v) is 5.51. The Bertz CT molecular complexity index is 803. The monoisotopic (exact) mass is 403 g/mol. The fraction of sp³-hybridized carbons (Fsp3) is 0.429. The molecular formula is C21H26ClN3O3. The molecule has 0 aliphatic carbocycles. The molecular weight excluding hydrogens is 378 g/mol. The zero-order valence-corrected chi connectivity index (χ0v) is 16.5. The number of amides is 2. The molecule has 0 bridgehead atoms. The Morgan fingerprint density at radius 2 is 2.00 bits per heavy atom. The average molecular weight is 404 g/mol. The van der Waals surface area contributed by atoms with Crippen LogP contribution in [0.1, 0.15) is 34.5 Å². The fourth-order valence-electron chi connectivity index (χ4n) is 3.97. The maximum Gasteiger partial charge on any atom is 0.290 e. The number of rotatable bonds is 4. The first-order valence-corrected chi connectivity index (χ1v) is 9.62. The molecule has 0 radical (unpaired) electrons. The Morgan fingerprint density at radius 1 is 1.18 bits per heavy atom. The third kappa shape index (κ3) is 4.39. The molecule has 2 amide bonds. The summed E-state index contributed by atoms with van der Waals surface area (Å²) >= 11 is 0. The van der Waals surface area contributed by atoms with Crippen LogP contribution in [0.25, 0.3) is 0 Å². The Kier molecular flexibility index (Phi) is 6.75. The van der Waals surface area contributed by atoms with Crippen molar-refractivity contribution in [1.82, 2.24) is 15.5 Å². The molecule has 3 heterocycles. The fourth-order valence-corrected chi connectivity index (χ4v) is 3.97. The minimum atomic E-state index is -0.519. The number of piperidine rings is 1. The van der Waals surface area contributed by atoms with Gasteiger partial charge in [0, 0.05) is 19.5 Å². The van der Waals surface area contributed by atoms with Gasteiger partial charge in [0.05, 0.1) is 6.26 Å². The molecule has 7 heteroatoms. The lowest BCUT2D eigenvalue weighted by molar-refractivity contribution is -0.126. The van der Waals surface area contributed by atoms with Gasteiger partial charge in [0.2, 0.25) is 5.91 Å². The lowest BCUT2D eigenvalue weighted by Crippen LogP contribution is -2.53. The molecule has 0 spiro atoms. The van der Waals surface area contributed by atoms with Gasteiger partial charge in [0.25, 0.3) is 5.91 Å². The number of carbonyl (C=O) groups is 2. The van der Waals surface area contributed by atoms with Gasteiger partial charge in [-0.15, -0.1) is 12.4 Å². The normalized spacial score (nSPS) is 21.4. The summed E-state index contributed by atoms with van der Waals surface area (Å²) in [5, 5.41) is 6.45. The maximum absolute atomic E-state index is 13.0. The second-order valence-corrected chi connectivity index (χ2v) is 7.36. The van der Waals surface area contributed by atoms with Crippen molar-refractivity contribution in [2.45, 2.75) is 31.8 Å². The molecule has 4 rings (SSSR count). The van der Waals surface area contributed by atoms with Crippen molar-refractivity contribution in [3.63, 3.8) is 0 Å². The van der Waals surface area contributed by atoms with E-state index in [9.17, 15) is 9.59 Å².